The molecule has 0 amide bonds. The third-order valence-corrected chi connectivity index (χ3v) is 5.37. The van der Waals surface area contributed by atoms with E-state index < -0.39 is 23.8 Å². The number of carbonyl (C=O) groups is 1. The Morgan fingerprint density at radius 2 is 1.85 bits per heavy atom. The number of allylic oxidation sites excluding steroid dienone is 1. The molecule has 3 rings (SSSR count). The third kappa shape index (κ3) is 6.29. The molecular weight excluding hydrogens is 418 g/mol. The number of fused-ring (bicyclic) bond motifs is 1. The van der Waals surface area contributed by atoms with Crippen LogP contribution < -0.4 is 14.8 Å². The van der Waals surface area contributed by atoms with Gasteiger partial charge in [-0.15, -0.1) is 0 Å². The van der Waals surface area contributed by atoms with Crippen LogP contribution in [0.2, 0.25) is 0 Å². The number of hydrogen-bond donors (Lipinski definition) is 1. The molecule has 178 valence electrons. The van der Waals surface area contributed by atoms with Crippen molar-refractivity contribution in [2.24, 2.45) is 0 Å². The SMILES string of the molecule is COc1ccc(CNc2ccc3c(c2)C(OC(C)C)C(OC(=O)C=C(C)C)C(C)(C)O3)cc1. The van der Waals surface area contributed by atoms with Crippen molar-refractivity contribution in [1.29, 1.82) is 0 Å². The largest absolute Gasteiger partial charge is 0.497 e. The van der Waals surface area contributed by atoms with E-state index in [1.54, 1.807) is 7.11 Å². The summed E-state index contributed by atoms with van der Waals surface area (Å²) in [5.74, 6) is 1.16. The zero-order valence-corrected chi connectivity index (χ0v) is 20.6. The standard InChI is InChI=1S/C27H35NO5/c1-17(2)14-24(29)32-26-25(31-18(3)4)22-15-20(10-13-23(22)33-27(26,5)6)28-16-19-8-11-21(30-7)12-9-19/h8-15,18,25-26,28H,16H2,1-7H3. The van der Waals surface area contributed by atoms with Crippen LogP contribution in [0.4, 0.5) is 5.69 Å². The summed E-state index contributed by atoms with van der Waals surface area (Å²) in [5, 5.41) is 3.46. The van der Waals surface area contributed by atoms with E-state index in [4.69, 9.17) is 18.9 Å². The number of rotatable bonds is 8. The van der Waals surface area contributed by atoms with Gasteiger partial charge in [0.1, 0.15) is 23.2 Å². The second-order valence-corrected chi connectivity index (χ2v) is 9.34. The lowest BCUT2D eigenvalue weighted by atomic mass is 9.87. The number of ether oxygens (including phenoxy) is 4. The Kier molecular flexibility index (Phi) is 7.69. The van der Waals surface area contributed by atoms with E-state index in [0.29, 0.717) is 6.54 Å². The van der Waals surface area contributed by atoms with Gasteiger partial charge in [0.05, 0.1) is 13.2 Å². The van der Waals surface area contributed by atoms with E-state index in [2.05, 4.69) is 5.32 Å². The van der Waals surface area contributed by atoms with E-state index in [0.717, 1.165) is 33.9 Å². The second kappa shape index (κ2) is 10.3. The second-order valence-electron chi connectivity index (χ2n) is 9.34. The first-order chi connectivity index (χ1) is 15.6. The highest BCUT2D eigenvalue weighted by molar-refractivity contribution is 5.83. The van der Waals surface area contributed by atoms with Crippen molar-refractivity contribution in [2.75, 3.05) is 12.4 Å². The van der Waals surface area contributed by atoms with E-state index in [-0.39, 0.29) is 6.10 Å². The van der Waals surface area contributed by atoms with Gasteiger partial charge in [-0.1, -0.05) is 17.7 Å². The van der Waals surface area contributed by atoms with Crippen molar-refractivity contribution in [1.82, 2.24) is 0 Å². The average molecular weight is 454 g/mol. The van der Waals surface area contributed by atoms with Gasteiger partial charge in [-0.2, -0.15) is 0 Å². The molecule has 2 unspecified atom stereocenters. The first kappa shape index (κ1) is 24.6. The quantitative estimate of drug-likeness (QED) is 0.401. The van der Waals surface area contributed by atoms with E-state index in [1.807, 2.05) is 84.0 Å². The molecule has 0 fully saturated rings. The first-order valence-corrected chi connectivity index (χ1v) is 11.3. The van der Waals surface area contributed by atoms with Gasteiger partial charge in [0.25, 0.3) is 0 Å². The number of anilines is 1. The van der Waals surface area contributed by atoms with Crippen molar-refractivity contribution < 1.29 is 23.7 Å². The maximum Gasteiger partial charge on any atom is 0.331 e. The topological polar surface area (TPSA) is 66.0 Å². The Labute approximate surface area is 196 Å². The van der Waals surface area contributed by atoms with Crippen molar-refractivity contribution in [3.05, 3.63) is 65.2 Å². The number of methoxy groups -OCH3 is 1. The minimum atomic E-state index is -0.754. The molecule has 6 nitrogen and oxygen atoms in total. The molecule has 2 aromatic rings. The molecule has 33 heavy (non-hydrogen) atoms. The fourth-order valence-corrected chi connectivity index (χ4v) is 3.83. The van der Waals surface area contributed by atoms with Gasteiger partial charge in [-0.3, -0.25) is 0 Å². The van der Waals surface area contributed by atoms with Crippen molar-refractivity contribution in [3.8, 4) is 11.5 Å². The van der Waals surface area contributed by atoms with Crippen LogP contribution in [0.25, 0.3) is 0 Å². The number of carbonyl (C=O) groups excluding carboxylic acids is 1. The molecular formula is C27H35NO5. The maximum absolute atomic E-state index is 12.5. The Morgan fingerprint density at radius 3 is 2.45 bits per heavy atom. The average Bonchev–Trinajstić information content (AvgIpc) is 2.74. The van der Waals surface area contributed by atoms with Gasteiger partial charge < -0.3 is 24.3 Å². The lowest BCUT2D eigenvalue weighted by molar-refractivity contribution is -0.184. The Bertz CT molecular complexity index is 990. The van der Waals surface area contributed by atoms with Gasteiger partial charge in [0.2, 0.25) is 0 Å². The van der Waals surface area contributed by atoms with Crippen LogP contribution in [-0.4, -0.2) is 30.9 Å². The summed E-state index contributed by atoms with van der Waals surface area (Å²) < 4.78 is 23.7. The van der Waals surface area contributed by atoms with Gasteiger partial charge in [-0.25, -0.2) is 4.79 Å². The highest BCUT2D eigenvalue weighted by Crippen LogP contribution is 2.45. The van der Waals surface area contributed by atoms with E-state index in [9.17, 15) is 4.79 Å². The normalized spacial score (nSPS) is 18.7. The van der Waals surface area contributed by atoms with Crippen molar-refractivity contribution >= 4 is 11.7 Å². The summed E-state index contributed by atoms with van der Waals surface area (Å²) in [4.78, 5) is 12.5. The lowest BCUT2D eigenvalue weighted by Gasteiger charge is -2.44. The molecule has 0 aromatic heterocycles. The van der Waals surface area contributed by atoms with Gasteiger partial charge in [-0.05, 0) is 77.4 Å². The monoisotopic (exact) mass is 453 g/mol. The molecule has 2 aromatic carbocycles. The van der Waals surface area contributed by atoms with Crippen LogP contribution in [-0.2, 0) is 20.8 Å². The first-order valence-electron chi connectivity index (χ1n) is 11.3. The van der Waals surface area contributed by atoms with Gasteiger partial charge in [0.15, 0.2) is 6.10 Å². The lowest BCUT2D eigenvalue weighted by Crippen LogP contribution is -2.52. The van der Waals surface area contributed by atoms with Crippen LogP contribution in [0, 0.1) is 0 Å². The fraction of sp³-hybridized carbons (Fsp3) is 0.444. The fourth-order valence-electron chi connectivity index (χ4n) is 3.83. The molecule has 1 aliphatic rings. The summed E-state index contributed by atoms with van der Waals surface area (Å²) in [6.07, 6.45) is 0.371. The Hall–Kier alpha value is -2.99. The van der Waals surface area contributed by atoms with Gasteiger partial charge >= 0.3 is 5.97 Å². The zero-order chi connectivity index (χ0) is 24.2. The predicted octanol–water partition coefficient (Wildman–Crippen LogP) is 5.82. The predicted molar refractivity (Wildman–Crippen MR) is 130 cm³/mol. The highest BCUT2D eigenvalue weighted by Gasteiger charge is 2.47. The summed E-state index contributed by atoms with van der Waals surface area (Å²) >= 11 is 0. The van der Waals surface area contributed by atoms with Crippen LogP contribution in [0.3, 0.4) is 0 Å². The van der Waals surface area contributed by atoms with Crippen molar-refractivity contribution in [3.63, 3.8) is 0 Å². The molecule has 6 heteroatoms. The van der Waals surface area contributed by atoms with Crippen molar-refractivity contribution in [2.45, 2.75) is 72.0 Å². The summed E-state index contributed by atoms with van der Waals surface area (Å²) in [5.41, 5.74) is 3.04. The number of hydrogen-bond acceptors (Lipinski definition) is 6. The van der Waals surface area contributed by atoms with Crippen LogP contribution in [0.5, 0.6) is 11.5 Å². The molecule has 1 heterocycles. The summed E-state index contributed by atoms with van der Waals surface area (Å²) in [6.45, 7) is 12.2. The molecule has 1 N–H and O–H groups in total. The zero-order valence-electron chi connectivity index (χ0n) is 20.6. The minimum absolute atomic E-state index is 0.0580. The molecule has 0 saturated heterocycles. The highest BCUT2D eigenvalue weighted by atomic mass is 16.6. The molecule has 0 saturated carbocycles. The van der Waals surface area contributed by atoms with Gasteiger partial charge in [0, 0.05) is 23.9 Å². The van der Waals surface area contributed by atoms with Crippen LogP contribution in [0.1, 0.15) is 58.8 Å². The maximum atomic E-state index is 12.5. The molecule has 0 bridgehead atoms. The summed E-state index contributed by atoms with van der Waals surface area (Å²) in [6, 6.07) is 13.9. The Morgan fingerprint density at radius 1 is 1.15 bits per heavy atom. The number of benzene rings is 2. The number of nitrogens with one attached hydrogen (secondary N) is 1. The van der Waals surface area contributed by atoms with Crippen LogP contribution >= 0.6 is 0 Å². The molecule has 2 atom stereocenters. The smallest absolute Gasteiger partial charge is 0.331 e. The summed E-state index contributed by atoms with van der Waals surface area (Å²) in [7, 11) is 1.66. The Balaban J connectivity index is 1.87. The van der Waals surface area contributed by atoms with E-state index >= 15 is 0 Å². The van der Waals surface area contributed by atoms with E-state index in [1.165, 1.54) is 6.08 Å². The minimum Gasteiger partial charge on any atom is -0.497 e. The number of esters is 1. The molecule has 0 radical (unpaired) electrons. The molecule has 1 aliphatic heterocycles. The molecule has 0 spiro atoms. The molecule has 0 aliphatic carbocycles. The van der Waals surface area contributed by atoms with Crippen LogP contribution in [0.15, 0.2) is 54.1 Å². The third-order valence-electron chi connectivity index (χ3n) is 5.37.